The van der Waals surface area contributed by atoms with E-state index in [-0.39, 0.29) is 49.4 Å². The van der Waals surface area contributed by atoms with Crippen LogP contribution in [0.4, 0.5) is 0 Å². The fraction of sp³-hybridized carbons (Fsp3) is 0.231. The first-order valence-corrected chi connectivity index (χ1v) is 13.3. The first kappa shape index (κ1) is 26.0. The second-order valence-corrected chi connectivity index (χ2v) is 10.3. The third-order valence-electron chi connectivity index (χ3n) is 6.09. The maximum absolute atomic E-state index is 13.3. The molecule has 0 unspecified atom stereocenters. The standard InChI is InChI=1S/C26H21Cl2N3O6S/c27-17-5-4-16(11-18(17)28)20(32)13-31-19-7-9-38-24(19)25(34)30(26(31)35)8-1-2-23(33)29-12-15-3-6-21-22(10-15)37-14-36-21/h3-7,9-11H,1-2,8,12-14H2,(H,29,33). The molecule has 0 fully saturated rings. The summed E-state index contributed by atoms with van der Waals surface area (Å²) in [6, 6.07) is 11.6. The van der Waals surface area contributed by atoms with Gasteiger partial charge in [0.05, 0.1) is 22.1 Å². The minimum absolute atomic E-state index is 0.0317. The van der Waals surface area contributed by atoms with Crippen LogP contribution in [-0.4, -0.2) is 27.6 Å². The summed E-state index contributed by atoms with van der Waals surface area (Å²) in [7, 11) is 0. The van der Waals surface area contributed by atoms with Crippen LogP contribution < -0.4 is 26.0 Å². The number of thiophene rings is 1. The van der Waals surface area contributed by atoms with E-state index in [2.05, 4.69) is 5.32 Å². The molecule has 1 amide bonds. The van der Waals surface area contributed by atoms with E-state index in [0.29, 0.717) is 38.8 Å². The highest BCUT2D eigenvalue weighted by atomic mass is 35.5. The maximum atomic E-state index is 13.3. The Kier molecular flexibility index (Phi) is 7.55. The van der Waals surface area contributed by atoms with Crippen molar-refractivity contribution in [1.29, 1.82) is 0 Å². The number of hydrogen-bond acceptors (Lipinski definition) is 7. The van der Waals surface area contributed by atoms with Gasteiger partial charge in [-0.2, -0.15) is 0 Å². The van der Waals surface area contributed by atoms with E-state index in [9.17, 15) is 19.2 Å². The molecule has 4 aromatic rings. The molecule has 9 nitrogen and oxygen atoms in total. The molecule has 1 aliphatic heterocycles. The van der Waals surface area contributed by atoms with Gasteiger partial charge < -0.3 is 14.8 Å². The Labute approximate surface area is 230 Å². The first-order valence-electron chi connectivity index (χ1n) is 11.7. The third kappa shape index (κ3) is 5.33. The molecular formula is C26H21Cl2N3O6S. The molecule has 1 aliphatic rings. The van der Waals surface area contributed by atoms with Crippen molar-refractivity contribution in [1.82, 2.24) is 14.5 Å². The quantitative estimate of drug-likeness (QED) is 0.300. The highest BCUT2D eigenvalue weighted by Gasteiger charge is 2.18. The average Bonchev–Trinajstić information content (AvgIpc) is 3.58. The molecule has 38 heavy (non-hydrogen) atoms. The van der Waals surface area contributed by atoms with E-state index in [1.54, 1.807) is 23.6 Å². The van der Waals surface area contributed by atoms with Gasteiger partial charge in [-0.05, 0) is 53.8 Å². The van der Waals surface area contributed by atoms with Gasteiger partial charge in [-0.1, -0.05) is 29.3 Å². The van der Waals surface area contributed by atoms with Crippen molar-refractivity contribution in [2.75, 3.05) is 6.79 Å². The van der Waals surface area contributed by atoms with Crippen molar-refractivity contribution in [2.45, 2.75) is 32.5 Å². The first-order chi connectivity index (χ1) is 18.3. The summed E-state index contributed by atoms with van der Waals surface area (Å²) in [6.45, 7) is 0.234. The average molecular weight is 574 g/mol. The van der Waals surface area contributed by atoms with Crippen molar-refractivity contribution in [2.24, 2.45) is 0 Å². The topological polar surface area (TPSA) is 109 Å². The summed E-state index contributed by atoms with van der Waals surface area (Å²) < 4.78 is 13.3. The van der Waals surface area contributed by atoms with Crippen molar-refractivity contribution in [3.63, 3.8) is 0 Å². The van der Waals surface area contributed by atoms with Gasteiger partial charge in [-0.3, -0.25) is 23.5 Å². The number of rotatable bonds is 9. The number of fused-ring (bicyclic) bond motifs is 2. The molecule has 0 saturated carbocycles. The molecule has 196 valence electrons. The zero-order valence-corrected chi connectivity index (χ0v) is 22.2. The SMILES string of the molecule is O=C(CCCn1c(=O)c2sccc2n(CC(=O)c2ccc(Cl)c(Cl)c2)c1=O)NCc1ccc2c(c1)OCO2. The summed E-state index contributed by atoms with van der Waals surface area (Å²) in [5.74, 6) is 0.723. The zero-order chi connectivity index (χ0) is 26.8. The van der Waals surface area contributed by atoms with Gasteiger partial charge in [-0.15, -0.1) is 11.3 Å². The van der Waals surface area contributed by atoms with Crippen LogP contribution in [0.2, 0.25) is 10.0 Å². The van der Waals surface area contributed by atoms with Gasteiger partial charge in [0.25, 0.3) is 5.56 Å². The van der Waals surface area contributed by atoms with Gasteiger partial charge in [-0.25, -0.2) is 4.79 Å². The van der Waals surface area contributed by atoms with Crippen LogP contribution in [0, 0.1) is 0 Å². The molecule has 0 saturated heterocycles. The molecule has 1 N–H and O–H groups in total. The van der Waals surface area contributed by atoms with Gasteiger partial charge in [0.1, 0.15) is 4.70 Å². The monoisotopic (exact) mass is 573 g/mol. The van der Waals surface area contributed by atoms with Gasteiger partial charge >= 0.3 is 5.69 Å². The smallest absolute Gasteiger partial charge is 0.331 e. The number of benzene rings is 2. The molecule has 0 atom stereocenters. The fourth-order valence-corrected chi connectivity index (χ4v) is 5.27. The molecule has 2 aromatic carbocycles. The van der Waals surface area contributed by atoms with Crippen LogP contribution in [0.25, 0.3) is 10.2 Å². The number of ketones is 1. The fourth-order valence-electron chi connectivity index (χ4n) is 4.13. The molecule has 3 heterocycles. The van der Waals surface area contributed by atoms with E-state index in [4.69, 9.17) is 32.7 Å². The van der Waals surface area contributed by atoms with Crippen molar-refractivity contribution >= 4 is 56.4 Å². The van der Waals surface area contributed by atoms with Crippen LogP contribution in [0.15, 0.2) is 57.4 Å². The van der Waals surface area contributed by atoms with Gasteiger partial charge in [0, 0.05) is 25.1 Å². The van der Waals surface area contributed by atoms with Crippen LogP contribution in [0.1, 0.15) is 28.8 Å². The summed E-state index contributed by atoms with van der Waals surface area (Å²) in [5.41, 5.74) is 0.480. The molecule has 0 spiro atoms. The Morgan fingerprint density at radius 1 is 0.974 bits per heavy atom. The van der Waals surface area contributed by atoms with Crippen LogP contribution in [0.5, 0.6) is 11.5 Å². The third-order valence-corrected chi connectivity index (χ3v) is 7.72. The Hall–Kier alpha value is -3.60. The summed E-state index contributed by atoms with van der Waals surface area (Å²) in [6.07, 6.45) is 0.376. The number of aromatic nitrogens is 2. The second-order valence-electron chi connectivity index (χ2n) is 8.58. The van der Waals surface area contributed by atoms with E-state index >= 15 is 0 Å². The van der Waals surface area contributed by atoms with Crippen LogP contribution in [0.3, 0.4) is 0 Å². The Bertz CT molecular complexity index is 1680. The number of nitrogens with one attached hydrogen (secondary N) is 1. The largest absolute Gasteiger partial charge is 0.454 e. The van der Waals surface area contributed by atoms with Crippen LogP contribution >= 0.6 is 34.5 Å². The lowest BCUT2D eigenvalue weighted by Gasteiger charge is -2.12. The maximum Gasteiger partial charge on any atom is 0.331 e. The zero-order valence-electron chi connectivity index (χ0n) is 19.9. The Morgan fingerprint density at radius 2 is 1.79 bits per heavy atom. The van der Waals surface area contributed by atoms with Crippen molar-refractivity contribution in [3.05, 3.63) is 89.9 Å². The molecule has 0 bridgehead atoms. The van der Waals surface area contributed by atoms with Gasteiger partial charge in [0.2, 0.25) is 12.7 Å². The normalized spacial score (nSPS) is 12.2. The Morgan fingerprint density at radius 3 is 2.61 bits per heavy atom. The van der Waals surface area contributed by atoms with E-state index in [1.165, 1.54) is 34.1 Å². The van der Waals surface area contributed by atoms with Gasteiger partial charge in [0.15, 0.2) is 17.3 Å². The summed E-state index contributed by atoms with van der Waals surface area (Å²) in [5, 5.41) is 5.06. The lowest BCUT2D eigenvalue weighted by Crippen LogP contribution is -2.41. The highest BCUT2D eigenvalue weighted by molar-refractivity contribution is 7.17. The number of ether oxygens (including phenoxy) is 2. The van der Waals surface area contributed by atoms with E-state index in [0.717, 1.165) is 10.1 Å². The lowest BCUT2D eigenvalue weighted by atomic mass is 10.1. The summed E-state index contributed by atoms with van der Waals surface area (Å²) in [4.78, 5) is 51.6. The van der Waals surface area contributed by atoms with Crippen molar-refractivity contribution in [3.8, 4) is 11.5 Å². The van der Waals surface area contributed by atoms with Crippen molar-refractivity contribution < 1.29 is 19.1 Å². The number of halogens is 2. The number of amides is 1. The summed E-state index contributed by atoms with van der Waals surface area (Å²) >= 11 is 13.2. The minimum atomic E-state index is -0.616. The Balaban J connectivity index is 1.27. The predicted octanol–water partition coefficient (Wildman–Crippen LogP) is 4.24. The number of Topliss-reactive ketones (excluding diaryl/α,β-unsaturated/α-hetero) is 1. The highest BCUT2D eigenvalue weighted by Crippen LogP contribution is 2.32. The number of hydrogen-bond donors (Lipinski definition) is 1. The lowest BCUT2D eigenvalue weighted by molar-refractivity contribution is -0.121. The molecule has 0 aliphatic carbocycles. The number of carbonyl (C=O) groups excluding carboxylic acids is 2. The molecule has 2 aromatic heterocycles. The molecule has 0 radical (unpaired) electrons. The number of carbonyl (C=O) groups is 2. The second kappa shape index (κ2) is 11.0. The molecule has 5 rings (SSSR count). The van der Waals surface area contributed by atoms with Crippen LogP contribution in [-0.2, 0) is 24.4 Å². The molecule has 12 heteroatoms. The van der Waals surface area contributed by atoms with E-state index in [1.807, 2.05) is 6.07 Å². The minimum Gasteiger partial charge on any atom is -0.454 e. The molecular weight excluding hydrogens is 553 g/mol. The van der Waals surface area contributed by atoms with E-state index < -0.39 is 11.2 Å². The number of nitrogens with zero attached hydrogens (tertiary/aromatic N) is 2. The predicted molar refractivity (Wildman–Crippen MR) is 145 cm³/mol.